The summed E-state index contributed by atoms with van der Waals surface area (Å²) in [5.41, 5.74) is 1.74. The number of benzene rings is 2. The van der Waals surface area contributed by atoms with Crippen molar-refractivity contribution in [2.24, 2.45) is 5.41 Å². The van der Waals surface area contributed by atoms with Gasteiger partial charge in [-0.25, -0.2) is 18.1 Å². The van der Waals surface area contributed by atoms with Crippen molar-refractivity contribution in [1.82, 2.24) is 24.9 Å². The Bertz CT molecular complexity index is 1870. The summed E-state index contributed by atoms with van der Waals surface area (Å²) in [5.74, 6) is -0.114. The van der Waals surface area contributed by atoms with Gasteiger partial charge in [-0.05, 0) is 55.3 Å². The molecule has 1 unspecified atom stereocenters. The van der Waals surface area contributed by atoms with Crippen LogP contribution in [-0.4, -0.2) is 86.6 Å². The van der Waals surface area contributed by atoms with Crippen LogP contribution in [0.3, 0.4) is 0 Å². The molecule has 2 aliphatic rings. The second kappa shape index (κ2) is 14.0. The molecule has 2 heterocycles. The van der Waals surface area contributed by atoms with Crippen molar-refractivity contribution in [2.75, 3.05) is 49.8 Å². The number of Topliss-reactive ketones (excluding diaryl/α,β-unsaturated/α-hetero) is 1. The smallest absolute Gasteiger partial charge is 0.296 e. The lowest BCUT2D eigenvalue weighted by Gasteiger charge is -2.36. The fourth-order valence-corrected chi connectivity index (χ4v) is 6.79. The average molecular weight is 676 g/mol. The van der Waals surface area contributed by atoms with Gasteiger partial charge in [-0.3, -0.25) is 14.5 Å². The molecule has 1 fully saturated rings. The minimum absolute atomic E-state index is 0.223. The van der Waals surface area contributed by atoms with Gasteiger partial charge in [-0.15, -0.1) is 0 Å². The van der Waals surface area contributed by atoms with E-state index in [1.165, 1.54) is 7.11 Å². The second-order valence-electron chi connectivity index (χ2n) is 13.5. The van der Waals surface area contributed by atoms with E-state index < -0.39 is 27.8 Å². The highest BCUT2D eigenvalue weighted by Crippen LogP contribution is 2.36. The van der Waals surface area contributed by atoms with Gasteiger partial charge >= 0.3 is 0 Å². The highest BCUT2D eigenvalue weighted by Gasteiger charge is 2.33. The Balaban J connectivity index is 1.40. The minimum atomic E-state index is -3.60. The molecule has 5 rings (SSSR count). The number of carbonyl (C=O) groups excluding carboxylic acids is 2. The number of methoxy groups -OCH3 is 1. The Labute approximate surface area is 282 Å². The Morgan fingerprint density at radius 3 is 2.31 bits per heavy atom. The van der Waals surface area contributed by atoms with Crippen LogP contribution in [0.2, 0.25) is 0 Å². The molecule has 0 radical (unpaired) electrons. The maximum Gasteiger partial charge on any atom is 0.296 e. The van der Waals surface area contributed by atoms with Crippen molar-refractivity contribution in [3.63, 3.8) is 0 Å². The summed E-state index contributed by atoms with van der Waals surface area (Å²) in [5, 5.41) is 7.43. The zero-order valence-electron chi connectivity index (χ0n) is 28.6. The first-order valence-corrected chi connectivity index (χ1v) is 18.0. The van der Waals surface area contributed by atoms with Crippen LogP contribution < -0.4 is 20.3 Å². The number of fused-ring (bicyclic) bond motifs is 1. The van der Waals surface area contributed by atoms with E-state index in [-0.39, 0.29) is 22.4 Å². The molecule has 0 saturated carbocycles. The van der Waals surface area contributed by atoms with Crippen LogP contribution in [0.25, 0.3) is 10.8 Å². The molecule has 13 heteroatoms. The average Bonchev–Trinajstić information content (AvgIpc) is 3.03. The fourth-order valence-electron chi connectivity index (χ4n) is 6.08. The molecule has 12 nitrogen and oxygen atoms in total. The number of nitrogens with zero attached hydrogens (tertiary/aromatic N) is 4. The minimum Gasteiger partial charge on any atom is -0.497 e. The van der Waals surface area contributed by atoms with E-state index in [0.717, 1.165) is 49.1 Å². The summed E-state index contributed by atoms with van der Waals surface area (Å²) >= 11 is 0. The third-order valence-electron chi connectivity index (χ3n) is 8.72. The lowest BCUT2D eigenvalue weighted by atomic mass is 9.79. The molecular formula is C35H45N7O5S. The predicted octanol–water partition coefficient (Wildman–Crippen LogP) is 4.35. The Hall–Kier alpha value is -4.33. The monoisotopic (exact) mass is 675 g/mol. The van der Waals surface area contributed by atoms with E-state index in [4.69, 9.17) is 9.72 Å². The summed E-state index contributed by atoms with van der Waals surface area (Å²) in [6, 6.07) is 12.3. The van der Waals surface area contributed by atoms with E-state index in [1.54, 1.807) is 36.5 Å². The van der Waals surface area contributed by atoms with E-state index >= 15 is 0 Å². The van der Waals surface area contributed by atoms with Crippen molar-refractivity contribution in [2.45, 2.75) is 53.1 Å². The van der Waals surface area contributed by atoms with Gasteiger partial charge in [-0.2, -0.15) is 4.98 Å². The maximum absolute atomic E-state index is 13.7. The number of aromatic nitrogens is 2. The van der Waals surface area contributed by atoms with Crippen molar-refractivity contribution >= 4 is 49.9 Å². The maximum atomic E-state index is 13.7. The largest absolute Gasteiger partial charge is 0.497 e. The van der Waals surface area contributed by atoms with E-state index in [9.17, 15) is 18.0 Å². The molecule has 2 aromatic carbocycles. The van der Waals surface area contributed by atoms with Gasteiger partial charge in [0.25, 0.3) is 11.7 Å². The molecule has 3 aromatic rings. The van der Waals surface area contributed by atoms with E-state index in [0.29, 0.717) is 29.6 Å². The van der Waals surface area contributed by atoms with Crippen LogP contribution >= 0.6 is 0 Å². The van der Waals surface area contributed by atoms with Gasteiger partial charge in [0.15, 0.2) is 0 Å². The Morgan fingerprint density at radius 1 is 1.00 bits per heavy atom. The lowest BCUT2D eigenvalue weighted by Crippen LogP contribution is -2.49. The molecule has 1 aliphatic heterocycles. The van der Waals surface area contributed by atoms with Crippen molar-refractivity contribution in [3.8, 4) is 0 Å². The number of anilines is 3. The molecule has 256 valence electrons. The number of allylic oxidation sites excluding steroid dienone is 1. The number of hydrogen-bond acceptors (Lipinski definition) is 10. The predicted molar refractivity (Wildman–Crippen MR) is 189 cm³/mol. The number of carbonyl (C=O) groups is 2. The third-order valence-corrected chi connectivity index (χ3v) is 9.43. The third kappa shape index (κ3) is 8.03. The number of ether oxygens (including phenoxy) is 1. The molecular weight excluding hydrogens is 630 g/mol. The molecule has 1 aliphatic carbocycles. The molecule has 1 amide bonds. The molecule has 3 N–H and O–H groups in total. The number of ketones is 1. The van der Waals surface area contributed by atoms with Crippen LogP contribution in [0.15, 0.2) is 71.8 Å². The number of amides is 1. The van der Waals surface area contributed by atoms with Gasteiger partial charge in [0.1, 0.15) is 11.6 Å². The fraction of sp³-hybridized carbons (Fsp3) is 0.429. The molecule has 0 spiro atoms. The molecule has 48 heavy (non-hydrogen) atoms. The molecule has 1 atom stereocenters. The first-order valence-electron chi connectivity index (χ1n) is 16.1. The van der Waals surface area contributed by atoms with Crippen LogP contribution in [-0.2, 0) is 19.6 Å². The molecule has 0 bridgehead atoms. The lowest BCUT2D eigenvalue weighted by molar-refractivity contribution is -0.116. The van der Waals surface area contributed by atoms with Crippen molar-refractivity contribution in [3.05, 3.63) is 77.3 Å². The van der Waals surface area contributed by atoms with Crippen molar-refractivity contribution < 1.29 is 22.7 Å². The molecule has 1 aromatic heterocycles. The first-order chi connectivity index (χ1) is 22.6. The van der Waals surface area contributed by atoms with Crippen molar-refractivity contribution in [1.29, 1.82) is 0 Å². The number of sulfonamides is 1. The number of nitrogens with one attached hydrogen (secondary N) is 3. The number of piperazine rings is 1. The van der Waals surface area contributed by atoms with Crippen LogP contribution in [0, 0.1) is 5.41 Å². The van der Waals surface area contributed by atoms with E-state index in [2.05, 4.69) is 44.0 Å². The van der Waals surface area contributed by atoms with Crippen LogP contribution in [0.1, 0.15) is 51.4 Å². The molecule has 1 saturated heterocycles. The highest BCUT2D eigenvalue weighted by atomic mass is 32.2. The van der Waals surface area contributed by atoms with Gasteiger partial charge in [-0.1, -0.05) is 50.6 Å². The van der Waals surface area contributed by atoms with E-state index in [1.807, 2.05) is 39.0 Å². The topological polar surface area (TPSA) is 146 Å². The quantitative estimate of drug-likeness (QED) is 0.209. The normalized spacial score (nSPS) is 17.8. The standard InChI is InChI=1S/C35H45N7O5S/c1-22(2)41-16-18-42(19-17-41)34-36-15-14-30(39-34)37-27-13-12-26(24-10-8-9-11-25(24)27)31(43)33(44)38-28-20-23(35(3,4)5)21-29(32(28)47-6)40-48(7,45)46/h8-15,20,22,29,40H,16-19,21H2,1-7H3,(H,38,44)(H,36,37,39). The summed E-state index contributed by atoms with van der Waals surface area (Å²) in [6.45, 7) is 14.0. The van der Waals surface area contributed by atoms with Gasteiger partial charge < -0.3 is 20.3 Å². The SMILES string of the molecule is COC1=C(NC(=O)C(=O)c2ccc(Nc3ccnc(N4CCN(C(C)C)CC4)n3)c3ccccc23)C=C(C(C)(C)C)CC1NS(C)(=O)=O. The van der Waals surface area contributed by atoms with Gasteiger partial charge in [0, 0.05) is 55.1 Å². The summed E-state index contributed by atoms with van der Waals surface area (Å²) in [6.07, 6.45) is 4.91. The van der Waals surface area contributed by atoms with Crippen LogP contribution in [0.4, 0.5) is 17.5 Å². The van der Waals surface area contributed by atoms with Gasteiger partial charge in [0.05, 0.1) is 25.1 Å². The number of hydrogen-bond donors (Lipinski definition) is 3. The zero-order valence-corrected chi connectivity index (χ0v) is 29.4. The Morgan fingerprint density at radius 2 is 1.69 bits per heavy atom. The summed E-state index contributed by atoms with van der Waals surface area (Å²) < 4.78 is 32.5. The first kappa shape index (κ1) is 35.0. The summed E-state index contributed by atoms with van der Waals surface area (Å²) in [4.78, 5) is 41.1. The highest BCUT2D eigenvalue weighted by molar-refractivity contribution is 7.88. The second-order valence-corrected chi connectivity index (χ2v) is 15.3. The zero-order chi connectivity index (χ0) is 34.8. The van der Waals surface area contributed by atoms with Gasteiger partial charge in [0.2, 0.25) is 16.0 Å². The summed E-state index contributed by atoms with van der Waals surface area (Å²) in [7, 11) is -2.19. The van der Waals surface area contributed by atoms with Crippen LogP contribution in [0.5, 0.6) is 0 Å². The Kier molecular flexibility index (Phi) is 10.2. The number of rotatable bonds is 10.